The van der Waals surface area contributed by atoms with Gasteiger partial charge in [0, 0.05) is 42.5 Å². The fourth-order valence-electron chi connectivity index (χ4n) is 3.45. The number of rotatable bonds is 5. The summed E-state index contributed by atoms with van der Waals surface area (Å²) in [5.41, 5.74) is 3.43. The normalized spacial score (nSPS) is 15.8. The Labute approximate surface area is 167 Å². The molecule has 2 aromatic carbocycles. The van der Waals surface area contributed by atoms with Crippen LogP contribution in [0.1, 0.15) is 44.2 Å². The molecule has 2 aromatic rings. The van der Waals surface area contributed by atoms with Gasteiger partial charge >= 0.3 is 6.41 Å². The first-order valence-electron chi connectivity index (χ1n) is 9.49. The maximum absolute atomic E-state index is 11.4. The highest BCUT2D eigenvalue weighted by Gasteiger charge is 2.28. The summed E-state index contributed by atoms with van der Waals surface area (Å²) in [6.45, 7) is 7.32. The summed E-state index contributed by atoms with van der Waals surface area (Å²) >= 11 is 0. The molecular formula is C23H26N3O2. The van der Waals surface area contributed by atoms with E-state index in [9.17, 15) is 4.79 Å². The van der Waals surface area contributed by atoms with Crippen LogP contribution in [0.25, 0.3) is 0 Å². The minimum Gasteiger partial charge on any atom is -0.493 e. The summed E-state index contributed by atoms with van der Waals surface area (Å²) < 4.78 is 5.93. The highest BCUT2D eigenvalue weighted by atomic mass is 16.5. The molecule has 145 valence electrons. The van der Waals surface area contributed by atoms with Gasteiger partial charge in [-0.1, -0.05) is 12.1 Å². The largest absolute Gasteiger partial charge is 0.493 e. The van der Waals surface area contributed by atoms with Crippen LogP contribution in [-0.4, -0.2) is 37.0 Å². The van der Waals surface area contributed by atoms with Crippen molar-refractivity contribution in [3.63, 3.8) is 0 Å². The summed E-state index contributed by atoms with van der Waals surface area (Å²) in [7, 11) is 1.97. The molecule has 28 heavy (non-hydrogen) atoms. The molecule has 0 N–H and O–H groups in total. The molecule has 5 heteroatoms. The van der Waals surface area contributed by atoms with Crippen molar-refractivity contribution in [1.82, 2.24) is 4.90 Å². The van der Waals surface area contributed by atoms with Gasteiger partial charge in [0.2, 0.25) is 0 Å². The van der Waals surface area contributed by atoms with Crippen LogP contribution in [0.15, 0.2) is 42.5 Å². The molecule has 0 aromatic heterocycles. The molecule has 0 aliphatic carbocycles. The van der Waals surface area contributed by atoms with Crippen molar-refractivity contribution in [2.75, 3.05) is 25.1 Å². The number of hydrogen-bond donors (Lipinski definition) is 0. The zero-order valence-corrected chi connectivity index (χ0v) is 16.9. The minimum atomic E-state index is -0.258. The van der Waals surface area contributed by atoms with Crippen LogP contribution in [0.3, 0.4) is 0 Å². The maximum Gasteiger partial charge on any atom is 0.312 e. The third-order valence-electron chi connectivity index (χ3n) is 5.23. The molecule has 5 nitrogen and oxygen atoms in total. The van der Waals surface area contributed by atoms with E-state index in [0.717, 1.165) is 29.1 Å². The van der Waals surface area contributed by atoms with Crippen LogP contribution in [-0.2, 0) is 4.79 Å². The molecular weight excluding hydrogens is 350 g/mol. The number of anilines is 2. The first kappa shape index (κ1) is 19.8. The van der Waals surface area contributed by atoms with Crippen molar-refractivity contribution in [3.8, 4) is 11.8 Å². The van der Waals surface area contributed by atoms with E-state index in [1.165, 1.54) is 0 Å². The van der Waals surface area contributed by atoms with Gasteiger partial charge in [0.1, 0.15) is 5.75 Å². The Morgan fingerprint density at radius 3 is 2.61 bits per heavy atom. The van der Waals surface area contributed by atoms with Crippen LogP contribution in [0, 0.1) is 11.3 Å². The number of nitrogens with zero attached hydrogens (tertiary/aromatic N) is 3. The third-order valence-corrected chi connectivity index (χ3v) is 5.23. The van der Waals surface area contributed by atoms with Gasteiger partial charge < -0.3 is 14.5 Å². The van der Waals surface area contributed by atoms with Gasteiger partial charge in [-0.25, -0.2) is 0 Å². The lowest BCUT2D eigenvalue weighted by atomic mass is 9.91. The lowest BCUT2D eigenvalue weighted by Crippen LogP contribution is -2.43. The summed E-state index contributed by atoms with van der Waals surface area (Å²) in [5.74, 6) is 1.09. The SMILES string of the molecule is CN(c1cccc(C#N)c1)c1ccc2c(c1)OCC[C@H]2CN([C]=O)C(C)(C)C. The number of ether oxygens (including phenoxy) is 1. The van der Waals surface area contributed by atoms with Crippen LogP contribution < -0.4 is 9.64 Å². The summed E-state index contributed by atoms with van der Waals surface area (Å²) in [6, 6.07) is 15.9. The summed E-state index contributed by atoms with van der Waals surface area (Å²) in [5, 5.41) is 9.13. The Balaban J connectivity index is 1.86. The maximum atomic E-state index is 11.4. The van der Waals surface area contributed by atoms with E-state index >= 15 is 0 Å². The fourth-order valence-corrected chi connectivity index (χ4v) is 3.45. The summed E-state index contributed by atoms with van der Waals surface area (Å²) in [6.07, 6.45) is 2.97. The molecule has 0 spiro atoms. The van der Waals surface area contributed by atoms with Gasteiger partial charge in [-0.2, -0.15) is 5.26 Å². The predicted octanol–water partition coefficient (Wildman–Crippen LogP) is 4.36. The minimum absolute atomic E-state index is 0.227. The van der Waals surface area contributed by atoms with E-state index in [1.807, 2.05) is 57.0 Å². The Morgan fingerprint density at radius 2 is 1.93 bits per heavy atom. The molecule has 0 saturated carbocycles. The van der Waals surface area contributed by atoms with Crippen LogP contribution in [0.2, 0.25) is 0 Å². The zero-order valence-electron chi connectivity index (χ0n) is 16.9. The van der Waals surface area contributed by atoms with Crippen molar-refractivity contribution >= 4 is 17.8 Å². The molecule has 0 saturated heterocycles. The molecule has 1 amide bonds. The Kier molecular flexibility index (Phi) is 5.60. The van der Waals surface area contributed by atoms with Gasteiger partial charge in [0.05, 0.1) is 18.2 Å². The van der Waals surface area contributed by atoms with Gasteiger partial charge in [0.15, 0.2) is 0 Å². The third kappa shape index (κ3) is 4.12. The molecule has 1 atom stereocenters. The molecule has 1 radical (unpaired) electrons. The molecule has 1 heterocycles. The van der Waals surface area contributed by atoms with Crippen molar-refractivity contribution in [2.45, 2.75) is 38.6 Å². The lowest BCUT2D eigenvalue weighted by Gasteiger charge is -2.36. The van der Waals surface area contributed by atoms with E-state index in [2.05, 4.69) is 24.6 Å². The van der Waals surface area contributed by atoms with E-state index < -0.39 is 0 Å². The van der Waals surface area contributed by atoms with Crippen LogP contribution in [0.5, 0.6) is 5.75 Å². The van der Waals surface area contributed by atoms with Crippen LogP contribution in [0.4, 0.5) is 11.4 Å². The van der Waals surface area contributed by atoms with Crippen molar-refractivity contribution in [3.05, 3.63) is 53.6 Å². The van der Waals surface area contributed by atoms with Gasteiger partial charge in [-0.3, -0.25) is 4.79 Å². The van der Waals surface area contributed by atoms with Gasteiger partial charge in [0.25, 0.3) is 0 Å². The molecule has 1 aliphatic heterocycles. The van der Waals surface area contributed by atoms with Crippen molar-refractivity contribution in [2.24, 2.45) is 0 Å². The number of fused-ring (bicyclic) bond motifs is 1. The summed E-state index contributed by atoms with van der Waals surface area (Å²) in [4.78, 5) is 15.2. The smallest absolute Gasteiger partial charge is 0.312 e. The molecule has 0 fully saturated rings. The van der Waals surface area contributed by atoms with Crippen molar-refractivity contribution in [1.29, 1.82) is 5.26 Å². The standard InChI is InChI=1S/C23H26N3O2/c1-23(2,3)26(16-27)15-18-10-11-28-22-13-20(8-9-21(18)22)25(4)19-7-5-6-17(12-19)14-24/h5-9,12-13,18H,10-11,15H2,1-4H3/t18-/m0/s1. The molecule has 3 rings (SSSR count). The highest BCUT2D eigenvalue weighted by molar-refractivity contribution is 5.66. The molecule has 0 unspecified atom stereocenters. The van der Waals surface area contributed by atoms with E-state index in [1.54, 1.807) is 11.0 Å². The number of amides is 1. The second-order valence-corrected chi connectivity index (χ2v) is 8.15. The lowest BCUT2D eigenvalue weighted by molar-refractivity contribution is 0.189. The van der Waals surface area contributed by atoms with Gasteiger partial charge in [-0.05, 0) is 57.0 Å². The number of carbonyl (C=O) groups excluding carboxylic acids is 1. The van der Waals surface area contributed by atoms with Crippen LogP contribution >= 0.6 is 0 Å². The average Bonchev–Trinajstić information content (AvgIpc) is 2.70. The number of hydrogen-bond acceptors (Lipinski definition) is 4. The topological polar surface area (TPSA) is 56.6 Å². The predicted molar refractivity (Wildman–Crippen MR) is 111 cm³/mol. The first-order valence-corrected chi connectivity index (χ1v) is 9.49. The second-order valence-electron chi connectivity index (χ2n) is 8.15. The molecule has 0 bridgehead atoms. The highest BCUT2D eigenvalue weighted by Crippen LogP contribution is 2.38. The van der Waals surface area contributed by atoms with E-state index in [0.29, 0.717) is 18.7 Å². The first-order chi connectivity index (χ1) is 13.3. The fraction of sp³-hybridized carbons (Fsp3) is 0.391. The number of nitriles is 1. The van der Waals surface area contributed by atoms with Crippen molar-refractivity contribution < 1.29 is 9.53 Å². The molecule has 1 aliphatic rings. The van der Waals surface area contributed by atoms with Gasteiger partial charge in [-0.15, -0.1) is 0 Å². The number of benzene rings is 2. The van der Waals surface area contributed by atoms with E-state index in [4.69, 9.17) is 10.00 Å². The Hall–Kier alpha value is -3.00. The average molecular weight is 376 g/mol. The monoisotopic (exact) mass is 376 g/mol. The zero-order chi connectivity index (χ0) is 20.3. The Bertz CT molecular complexity index is 895. The quantitative estimate of drug-likeness (QED) is 0.728. The Morgan fingerprint density at radius 1 is 1.18 bits per heavy atom. The van der Waals surface area contributed by atoms with E-state index in [-0.39, 0.29) is 11.5 Å². The second kappa shape index (κ2) is 7.93.